The van der Waals surface area contributed by atoms with Crippen LogP contribution < -0.4 is 29.4 Å². The van der Waals surface area contributed by atoms with E-state index in [4.69, 9.17) is 5.21 Å². The van der Waals surface area contributed by atoms with E-state index in [-0.39, 0.29) is 24.8 Å². The van der Waals surface area contributed by atoms with Crippen LogP contribution in [0.5, 0.6) is 0 Å². The number of nitrogens with zero attached hydrogens (tertiary/aromatic N) is 2. The first-order valence-corrected chi connectivity index (χ1v) is 2.96. The van der Waals surface area contributed by atoms with Gasteiger partial charge in [0.15, 0.2) is 6.20 Å². The molecule has 0 aromatic carbocycles. The van der Waals surface area contributed by atoms with E-state index < -0.39 is 0 Å². The van der Waals surface area contributed by atoms with E-state index >= 15 is 0 Å². The van der Waals surface area contributed by atoms with Crippen LogP contribution >= 0.6 is 0 Å². The van der Waals surface area contributed by atoms with Gasteiger partial charge in [-0.15, -0.1) is 0 Å². The molecule has 68 valence electrons. The molecule has 1 N–H and O–H groups in total. The van der Waals surface area contributed by atoms with Crippen molar-refractivity contribution in [2.75, 3.05) is 0 Å². The number of aryl methyl sites for hydroxylation is 1. The van der Waals surface area contributed by atoms with Crippen molar-refractivity contribution in [1.29, 1.82) is 0 Å². The number of hydrogen-bond donors (Lipinski definition) is 1. The topological polar surface area (TPSA) is 36.5 Å². The van der Waals surface area contributed by atoms with Gasteiger partial charge < -0.3 is 30.0 Å². The number of pyridine rings is 1. The van der Waals surface area contributed by atoms with Crippen LogP contribution in [0.15, 0.2) is 29.6 Å². The van der Waals surface area contributed by atoms with Crippen molar-refractivity contribution in [3.05, 3.63) is 30.1 Å². The Morgan fingerprint density at radius 3 is 2.58 bits per heavy atom. The van der Waals surface area contributed by atoms with E-state index in [1.807, 2.05) is 36.0 Å². The molecule has 1 aromatic rings. The highest BCUT2D eigenvalue weighted by Gasteiger charge is 1.98. The zero-order valence-electron chi connectivity index (χ0n) is 6.48. The van der Waals surface area contributed by atoms with Gasteiger partial charge in [-0.3, -0.25) is 0 Å². The molecule has 0 fully saturated rings. The number of hydrogen-bond acceptors (Lipinski definition) is 2. The van der Waals surface area contributed by atoms with Gasteiger partial charge in [-0.05, 0) is 6.07 Å². The van der Waals surface area contributed by atoms with Gasteiger partial charge in [0.1, 0.15) is 13.3 Å². The smallest absolute Gasteiger partial charge is 0.226 e. The zero-order valence-corrected chi connectivity index (χ0v) is 8.00. The van der Waals surface area contributed by atoms with Gasteiger partial charge in [0, 0.05) is 12.1 Å². The summed E-state index contributed by atoms with van der Waals surface area (Å²) in [5.74, 6) is 0. The van der Waals surface area contributed by atoms with Crippen LogP contribution in [0.4, 0.5) is 0 Å². The van der Waals surface area contributed by atoms with E-state index in [9.17, 15) is 0 Å². The molecule has 1 heterocycles. The minimum Gasteiger partial charge on any atom is -1.00 e. The van der Waals surface area contributed by atoms with Crippen molar-refractivity contribution in [2.45, 2.75) is 0 Å². The second-order valence-electron chi connectivity index (χ2n) is 1.98. The summed E-state index contributed by atoms with van der Waals surface area (Å²) in [6, 6.07) is 5.66. The highest BCUT2D eigenvalue weighted by Crippen LogP contribution is 1.84. The largest absolute Gasteiger partial charge is 1.00 e. The normalized spacial score (nSPS) is 8.75. The Hall–Kier alpha value is -0.800. The number of rotatable bonds is 1. The highest BCUT2D eigenvalue weighted by atomic mass is 35.5. The maximum absolute atomic E-state index is 8.20. The summed E-state index contributed by atoms with van der Waals surface area (Å²) in [4.78, 5) is 0. The van der Waals surface area contributed by atoms with E-state index in [1.54, 1.807) is 0 Å². The molecule has 0 saturated heterocycles. The minimum atomic E-state index is 0. The third kappa shape index (κ3) is 3.55. The van der Waals surface area contributed by atoms with Crippen molar-refractivity contribution in [2.24, 2.45) is 12.2 Å². The van der Waals surface area contributed by atoms with Crippen LogP contribution in [0.25, 0.3) is 0 Å². The van der Waals surface area contributed by atoms with Crippen LogP contribution in [0.3, 0.4) is 0 Å². The number of halogens is 2. The Balaban J connectivity index is 0. The third-order valence-electron chi connectivity index (χ3n) is 1.29. The van der Waals surface area contributed by atoms with Crippen molar-refractivity contribution in [1.82, 2.24) is 0 Å². The summed E-state index contributed by atoms with van der Waals surface area (Å²) in [7, 11) is 1.89. The molecule has 0 atom stereocenters. The predicted octanol–water partition coefficient (Wildman–Crippen LogP) is -5.67. The Morgan fingerprint density at radius 1 is 1.42 bits per heavy atom. The Morgan fingerprint density at radius 2 is 2.08 bits per heavy atom. The van der Waals surface area contributed by atoms with Crippen molar-refractivity contribution < 1.29 is 34.6 Å². The molecule has 5 heteroatoms. The van der Waals surface area contributed by atoms with Gasteiger partial charge in [-0.25, -0.2) is 4.57 Å². The maximum atomic E-state index is 8.20. The summed E-state index contributed by atoms with van der Waals surface area (Å²) in [6.45, 7) is 0. The molecule has 0 saturated carbocycles. The fraction of sp³-hybridized carbons (Fsp3) is 0.143. The quantitative estimate of drug-likeness (QED) is 0.212. The molecular weight excluding hydrogens is 199 g/mol. The molecule has 12 heavy (non-hydrogen) atoms. The van der Waals surface area contributed by atoms with Gasteiger partial charge in [-0.1, -0.05) is 5.16 Å². The van der Waals surface area contributed by atoms with E-state index in [0.717, 1.165) is 5.69 Å². The van der Waals surface area contributed by atoms with Gasteiger partial charge in [-0.2, -0.15) is 0 Å². The standard InChI is InChI=1S/C7H8N2O.2ClH/c1-9-5-3-2-4-7(9)6-8-10;;/h2-6H,1H3;2*1H/p-1. The molecule has 0 aliphatic heterocycles. The van der Waals surface area contributed by atoms with Gasteiger partial charge in [0.25, 0.3) is 0 Å². The Kier molecular flexibility index (Phi) is 7.90. The fourth-order valence-electron chi connectivity index (χ4n) is 0.730. The van der Waals surface area contributed by atoms with Crippen molar-refractivity contribution in [3.8, 4) is 0 Å². The molecule has 0 amide bonds. The lowest BCUT2D eigenvalue weighted by molar-refractivity contribution is -0.672. The second-order valence-corrected chi connectivity index (χ2v) is 1.98. The molecule has 0 aliphatic rings. The molecular formula is C7H9Cl2N2O-. The van der Waals surface area contributed by atoms with E-state index in [2.05, 4.69) is 5.16 Å². The summed E-state index contributed by atoms with van der Waals surface area (Å²) in [6.07, 6.45) is 3.27. The first kappa shape index (κ1) is 13.8. The SMILES string of the molecule is C[n+]1ccccc1/C=N/O.[Cl-].[Cl-]. The van der Waals surface area contributed by atoms with Crippen molar-refractivity contribution in [3.63, 3.8) is 0 Å². The lowest BCUT2D eigenvalue weighted by atomic mass is 10.4. The first-order valence-electron chi connectivity index (χ1n) is 2.96. The first-order chi connectivity index (χ1) is 4.84. The lowest BCUT2D eigenvalue weighted by Crippen LogP contribution is -3.00. The van der Waals surface area contributed by atoms with Gasteiger partial charge in [0.2, 0.25) is 5.69 Å². The molecule has 1 rings (SSSR count). The summed E-state index contributed by atoms with van der Waals surface area (Å²) < 4.78 is 1.86. The van der Waals surface area contributed by atoms with E-state index in [0.29, 0.717) is 0 Å². The predicted molar refractivity (Wildman–Crippen MR) is 37.0 cm³/mol. The average molecular weight is 208 g/mol. The van der Waals surface area contributed by atoms with Crippen LogP contribution in [-0.4, -0.2) is 11.4 Å². The molecule has 0 bridgehead atoms. The number of oxime groups is 1. The molecule has 0 aliphatic carbocycles. The van der Waals surface area contributed by atoms with Crippen LogP contribution in [-0.2, 0) is 7.05 Å². The molecule has 0 spiro atoms. The fourth-order valence-corrected chi connectivity index (χ4v) is 0.730. The monoisotopic (exact) mass is 207 g/mol. The summed E-state index contributed by atoms with van der Waals surface area (Å²) >= 11 is 0. The second kappa shape index (κ2) is 6.88. The molecule has 3 nitrogen and oxygen atoms in total. The summed E-state index contributed by atoms with van der Waals surface area (Å²) in [5, 5.41) is 11.1. The third-order valence-corrected chi connectivity index (χ3v) is 1.29. The zero-order chi connectivity index (χ0) is 7.40. The van der Waals surface area contributed by atoms with Crippen LogP contribution in [0, 0.1) is 0 Å². The lowest BCUT2D eigenvalue weighted by Gasteiger charge is -1.88. The van der Waals surface area contributed by atoms with Gasteiger partial charge in [0.05, 0.1) is 0 Å². The van der Waals surface area contributed by atoms with Crippen LogP contribution in [0.2, 0.25) is 0 Å². The highest BCUT2D eigenvalue weighted by molar-refractivity contribution is 5.74. The Bertz CT molecular complexity index is 253. The minimum absolute atomic E-state index is 0. The van der Waals surface area contributed by atoms with Crippen LogP contribution in [0.1, 0.15) is 5.69 Å². The number of aromatic nitrogens is 1. The molecule has 1 aromatic heterocycles. The molecule has 0 radical (unpaired) electrons. The maximum Gasteiger partial charge on any atom is 0.226 e. The van der Waals surface area contributed by atoms with Crippen molar-refractivity contribution >= 4 is 6.21 Å². The average Bonchev–Trinajstić information content (AvgIpc) is 1.94. The summed E-state index contributed by atoms with van der Waals surface area (Å²) in [5.41, 5.74) is 0.866. The Labute approximate surface area is 83.5 Å². The van der Waals surface area contributed by atoms with Gasteiger partial charge >= 0.3 is 0 Å². The van der Waals surface area contributed by atoms with E-state index in [1.165, 1.54) is 6.21 Å². The molecule has 0 unspecified atom stereocenters.